The quantitative estimate of drug-likeness (QED) is 0.916. The number of rotatable bonds is 4. The van der Waals surface area contributed by atoms with Crippen molar-refractivity contribution in [1.82, 2.24) is 9.55 Å². The van der Waals surface area contributed by atoms with Crippen molar-refractivity contribution in [3.63, 3.8) is 0 Å². The Morgan fingerprint density at radius 2 is 2.16 bits per heavy atom. The standard InChI is InChI=1S/C14H17ClFN3/c1-9(2)7-17-14-18-10(3)8-19(14)13-5-4-11(16)6-12(13)15/h4-6,8-9H,7H2,1-3H3,(H,17,18). The molecule has 0 bridgehead atoms. The van der Waals surface area contributed by atoms with E-state index < -0.39 is 0 Å². The molecule has 1 aromatic heterocycles. The van der Waals surface area contributed by atoms with Gasteiger partial charge in [0.05, 0.1) is 16.4 Å². The molecule has 2 aromatic rings. The van der Waals surface area contributed by atoms with Crippen LogP contribution >= 0.6 is 11.6 Å². The maximum Gasteiger partial charge on any atom is 0.207 e. The zero-order chi connectivity index (χ0) is 14.0. The summed E-state index contributed by atoms with van der Waals surface area (Å²) in [5.74, 6) is 0.885. The molecule has 0 atom stereocenters. The lowest BCUT2D eigenvalue weighted by atomic mass is 10.2. The Hall–Kier alpha value is -1.55. The largest absolute Gasteiger partial charge is 0.355 e. The molecule has 0 spiro atoms. The Kier molecular flexibility index (Phi) is 4.10. The van der Waals surface area contributed by atoms with Gasteiger partial charge in [0.15, 0.2) is 0 Å². The van der Waals surface area contributed by atoms with Crippen LogP contribution in [-0.4, -0.2) is 16.1 Å². The first-order valence-electron chi connectivity index (χ1n) is 6.22. The smallest absolute Gasteiger partial charge is 0.207 e. The summed E-state index contributed by atoms with van der Waals surface area (Å²) in [6, 6.07) is 4.35. The Labute approximate surface area is 117 Å². The average Bonchev–Trinajstić information content (AvgIpc) is 2.67. The number of nitrogens with zero attached hydrogens (tertiary/aromatic N) is 2. The lowest BCUT2D eigenvalue weighted by molar-refractivity contribution is 0.627. The highest BCUT2D eigenvalue weighted by atomic mass is 35.5. The monoisotopic (exact) mass is 281 g/mol. The van der Waals surface area contributed by atoms with E-state index >= 15 is 0 Å². The van der Waals surface area contributed by atoms with Crippen LogP contribution in [-0.2, 0) is 0 Å². The first-order valence-corrected chi connectivity index (χ1v) is 6.60. The van der Waals surface area contributed by atoms with Gasteiger partial charge in [-0.2, -0.15) is 0 Å². The van der Waals surface area contributed by atoms with Gasteiger partial charge in [0.1, 0.15) is 5.82 Å². The SMILES string of the molecule is Cc1cn(-c2ccc(F)cc2Cl)c(NCC(C)C)n1. The van der Waals surface area contributed by atoms with Gasteiger partial charge in [0.2, 0.25) is 5.95 Å². The van der Waals surface area contributed by atoms with Gasteiger partial charge < -0.3 is 5.32 Å². The van der Waals surface area contributed by atoms with E-state index in [0.717, 1.165) is 23.9 Å². The second kappa shape index (κ2) is 5.61. The Morgan fingerprint density at radius 1 is 1.42 bits per heavy atom. The number of hydrogen-bond acceptors (Lipinski definition) is 2. The number of aromatic nitrogens is 2. The fraction of sp³-hybridized carbons (Fsp3) is 0.357. The fourth-order valence-corrected chi connectivity index (χ4v) is 2.04. The van der Waals surface area contributed by atoms with Gasteiger partial charge >= 0.3 is 0 Å². The van der Waals surface area contributed by atoms with Crippen LogP contribution < -0.4 is 5.32 Å². The van der Waals surface area contributed by atoms with Gasteiger partial charge in [-0.15, -0.1) is 0 Å². The van der Waals surface area contributed by atoms with Gasteiger partial charge in [-0.05, 0) is 31.0 Å². The van der Waals surface area contributed by atoms with E-state index in [9.17, 15) is 4.39 Å². The maximum atomic E-state index is 13.1. The number of imidazole rings is 1. The molecule has 19 heavy (non-hydrogen) atoms. The molecule has 1 heterocycles. The number of aryl methyl sites for hydroxylation is 1. The minimum Gasteiger partial charge on any atom is -0.355 e. The molecule has 0 saturated heterocycles. The number of nitrogens with one attached hydrogen (secondary N) is 1. The van der Waals surface area contributed by atoms with Crippen molar-refractivity contribution in [3.8, 4) is 5.69 Å². The predicted octanol–water partition coefficient (Wildman–Crippen LogP) is 4.04. The molecule has 0 aliphatic carbocycles. The van der Waals surface area contributed by atoms with Crippen molar-refractivity contribution >= 4 is 17.5 Å². The van der Waals surface area contributed by atoms with E-state index in [4.69, 9.17) is 11.6 Å². The zero-order valence-electron chi connectivity index (χ0n) is 11.2. The van der Waals surface area contributed by atoms with E-state index in [1.807, 2.05) is 17.7 Å². The second-order valence-corrected chi connectivity index (χ2v) is 5.35. The molecule has 0 aliphatic rings. The van der Waals surface area contributed by atoms with Crippen LogP contribution in [0.15, 0.2) is 24.4 Å². The van der Waals surface area contributed by atoms with Gasteiger partial charge in [0.25, 0.3) is 0 Å². The summed E-state index contributed by atoms with van der Waals surface area (Å²) in [6.07, 6.45) is 1.88. The van der Waals surface area contributed by atoms with Crippen molar-refractivity contribution in [3.05, 3.63) is 40.9 Å². The van der Waals surface area contributed by atoms with Gasteiger partial charge in [-0.3, -0.25) is 4.57 Å². The highest BCUT2D eigenvalue weighted by Crippen LogP contribution is 2.25. The summed E-state index contributed by atoms with van der Waals surface area (Å²) in [5, 5.41) is 3.64. The van der Waals surface area contributed by atoms with Crippen LogP contribution in [0.1, 0.15) is 19.5 Å². The molecule has 3 nitrogen and oxygen atoms in total. The number of halogens is 2. The molecule has 0 fully saturated rings. The van der Waals surface area contributed by atoms with E-state index in [1.54, 1.807) is 6.07 Å². The summed E-state index contributed by atoms with van der Waals surface area (Å²) in [6.45, 7) is 6.97. The number of hydrogen-bond donors (Lipinski definition) is 1. The first kappa shape index (κ1) is 13.9. The lowest BCUT2D eigenvalue weighted by Gasteiger charge is -2.12. The predicted molar refractivity (Wildman–Crippen MR) is 76.6 cm³/mol. The summed E-state index contributed by atoms with van der Waals surface area (Å²) in [4.78, 5) is 4.42. The third kappa shape index (κ3) is 3.26. The molecule has 0 unspecified atom stereocenters. The third-order valence-corrected chi connectivity index (χ3v) is 2.97. The molecule has 1 N–H and O–H groups in total. The molecular weight excluding hydrogens is 265 g/mol. The van der Waals surface area contributed by atoms with Gasteiger partial charge in [-0.25, -0.2) is 9.37 Å². The van der Waals surface area contributed by atoms with Crippen molar-refractivity contribution in [2.75, 3.05) is 11.9 Å². The van der Waals surface area contributed by atoms with Crippen molar-refractivity contribution in [2.45, 2.75) is 20.8 Å². The highest BCUT2D eigenvalue weighted by molar-refractivity contribution is 6.32. The minimum absolute atomic E-state index is 0.345. The summed E-state index contributed by atoms with van der Waals surface area (Å²) < 4.78 is 14.9. The first-order chi connectivity index (χ1) is 8.97. The molecular formula is C14H17ClFN3. The molecule has 0 amide bonds. The third-order valence-electron chi connectivity index (χ3n) is 2.66. The molecule has 2 rings (SSSR count). The van der Waals surface area contributed by atoms with Crippen molar-refractivity contribution in [2.24, 2.45) is 5.92 Å². The Balaban J connectivity index is 2.38. The lowest BCUT2D eigenvalue weighted by Crippen LogP contribution is -2.12. The Bertz CT molecular complexity index is 578. The van der Waals surface area contributed by atoms with E-state index in [2.05, 4.69) is 24.1 Å². The molecule has 0 radical (unpaired) electrons. The van der Waals surface area contributed by atoms with Crippen LogP contribution in [0.25, 0.3) is 5.69 Å². The van der Waals surface area contributed by atoms with Crippen LogP contribution in [0.2, 0.25) is 5.02 Å². The molecule has 0 aliphatic heterocycles. The van der Waals surface area contributed by atoms with Crippen LogP contribution in [0, 0.1) is 18.7 Å². The molecule has 1 aromatic carbocycles. The molecule has 102 valence electrons. The fourth-order valence-electron chi connectivity index (χ4n) is 1.78. The summed E-state index contributed by atoms with van der Waals surface area (Å²) in [5.41, 5.74) is 1.60. The molecule has 0 saturated carbocycles. The average molecular weight is 282 g/mol. The maximum absolute atomic E-state index is 13.1. The van der Waals surface area contributed by atoms with Crippen LogP contribution in [0.5, 0.6) is 0 Å². The molecule has 5 heteroatoms. The summed E-state index contributed by atoms with van der Waals surface area (Å²) in [7, 11) is 0. The van der Waals surface area contributed by atoms with E-state index in [0.29, 0.717) is 10.9 Å². The summed E-state index contributed by atoms with van der Waals surface area (Å²) >= 11 is 6.09. The van der Waals surface area contributed by atoms with Crippen molar-refractivity contribution in [1.29, 1.82) is 0 Å². The second-order valence-electron chi connectivity index (χ2n) is 4.95. The number of anilines is 1. The number of benzene rings is 1. The van der Waals surface area contributed by atoms with Crippen LogP contribution in [0.4, 0.5) is 10.3 Å². The van der Waals surface area contributed by atoms with E-state index in [-0.39, 0.29) is 5.82 Å². The highest BCUT2D eigenvalue weighted by Gasteiger charge is 2.11. The van der Waals surface area contributed by atoms with Gasteiger partial charge in [0, 0.05) is 12.7 Å². The zero-order valence-corrected chi connectivity index (χ0v) is 12.0. The normalized spacial score (nSPS) is 11.1. The van der Waals surface area contributed by atoms with E-state index in [1.165, 1.54) is 12.1 Å². The Morgan fingerprint density at radius 3 is 2.79 bits per heavy atom. The van der Waals surface area contributed by atoms with Gasteiger partial charge in [-0.1, -0.05) is 25.4 Å². The van der Waals surface area contributed by atoms with Crippen LogP contribution in [0.3, 0.4) is 0 Å². The minimum atomic E-state index is -0.345. The topological polar surface area (TPSA) is 29.9 Å². The van der Waals surface area contributed by atoms with Crippen molar-refractivity contribution < 1.29 is 4.39 Å².